The van der Waals surface area contributed by atoms with Crippen molar-refractivity contribution in [1.82, 2.24) is 20.1 Å². The predicted molar refractivity (Wildman–Crippen MR) is 173 cm³/mol. The quantitative estimate of drug-likeness (QED) is 0.371. The van der Waals surface area contributed by atoms with E-state index in [1.165, 1.54) is 0 Å². The number of aryl methyl sites for hydroxylation is 2. The van der Waals surface area contributed by atoms with E-state index < -0.39 is 11.6 Å². The third-order valence-electron chi connectivity index (χ3n) is 8.22. The van der Waals surface area contributed by atoms with Gasteiger partial charge in [0.15, 0.2) is 0 Å². The number of nitrogens with zero attached hydrogens (tertiary/aromatic N) is 3. The summed E-state index contributed by atoms with van der Waals surface area (Å²) in [5, 5.41) is 12.9. The summed E-state index contributed by atoms with van der Waals surface area (Å²) in [4.78, 5) is 47.0. The van der Waals surface area contributed by atoms with Gasteiger partial charge in [0.2, 0.25) is 0 Å². The summed E-state index contributed by atoms with van der Waals surface area (Å²) >= 11 is 0. The van der Waals surface area contributed by atoms with Crippen molar-refractivity contribution in [3.05, 3.63) is 62.1 Å². The fourth-order valence-electron chi connectivity index (χ4n) is 6.21. The second kappa shape index (κ2) is 14.1. The number of carboxylic acid groups (broad SMARTS) is 1. The van der Waals surface area contributed by atoms with Gasteiger partial charge in [0.25, 0.3) is 11.5 Å². The van der Waals surface area contributed by atoms with Gasteiger partial charge in [0.1, 0.15) is 0 Å². The summed E-state index contributed by atoms with van der Waals surface area (Å²) < 4.78 is 0. The highest BCUT2D eigenvalue weighted by molar-refractivity contribution is 5.97. The fraction of sp³-hybridized carbons (Fsp3) is 0.559. The molecular formula is C34H49N5O4. The number of hydrogen-bond donors (Lipinski definition) is 3. The second-order valence-electron chi connectivity index (χ2n) is 12.9. The number of pyridine rings is 1. The third-order valence-corrected chi connectivity index (χ3v) is 8.22. The van der Waals surface area contributed by atoms with Crippen LogP contribution >= 0.6 is 0 Å². The van der Waals surface area contributed by atoms with Crippen molar-refractivity contribution in [2.45, 2.75) is 98.3 Å². The lowest BCUT2D eigenvalue weighted by molar-refractivity contribution is 0.0545. The first kappa shape index (κ1) is 33.7. The van der Waals surface area contributed by atoms with E-state index in [2.05, 4.69) is 40.0 Å². The van der Waals surface area contributed by atoms with E-state index in [0.29, 0.717) is 17.7 Å². The molecule has 9 heteroatoms. The molecule has 1 heterocycles. The summed E-state index contributed by atoms with van der Waals surface area (Å²) in [5.74, 6) is 6.18. The first-order chi connectivity index (χ1) is 20.1. The van der Waals surface area contributed by atoms with Gasteiger partial charge in [-0.3, -0.25) is 14.5 Å². The Balaban J connectivity index is 1.93. The molecule has 0 spiro atoms. The molecule has 2 aromatic rings. The Morgan fingerprint density at radius 3 is 2.21 bits per heavy atom. The Bertz CT molecular complexity index is 1440. The monoisotopic (exact) mass is 591 g/mol. The molecule has 1 saturated carbocycles. The van der Waals surface area contributed by atoms with Gasteiger partial charge < -0.3 is 25.2 Å². The summed E-state index contributed by atoms with van der Waals surface area (Å²) in [5.41, 5.74) is 4.61. The molecule has 1 aliphatic carbocycles. The summed E-state index contributed by atoms with van der Waals surface area (Å²) in [6.07, 6.45) is 2.39. The van der Waals surface area contributed by atoms with E-state index in [1.807, 2.05) is 72.7 Å². The molecule has 1 aliphatic rings. The van der Waals surface area contributed by atoms with Gasteiger partial charge in [-0.25, -0.2) is 4.79 Å². The lowest BCUT2D eigenvalue weighted by Crippen LogP contribution is -2.53. The summed E-state index contributed by atoms with van der Waals surface area (Å²) in [7, 11) is 3.92. The van der Waals surface area contributed by atoms with Crippen LogP contribution in [0.1, 0.15) is 91.7 Å². The van der Waals surface area contributed by atoms with E-state index in [1.54, 1.807) is 4.90 Å². The van der Waals surface area contributed by atoms with Gasteiger partial charge in [0.05, 0.1) is 6.54 Å². The molecule has 0 atom stereocenters. The summed E-state index contributed by atoms with van der Waals surface area (Å²) in [6, 6.07) is 5.99. The Morgan fingerprint density at radius 1 is 1.05 bits per heavy atom. The van der Waals surface area contributed by atoms with Crippen molar-refractivity contribution in [2.24, 2.45) is 0 Å². The predicted octanol–water partition coefficient (Wildman–Crippen LogP) is 5.06. The minimum absolute atomic E-state index is 0.0218. The molecule has 0 radical (unpaired) electrons. The highest BCUT2D eigenvalue weighted by Crippen LogP contribution is 2.35. The minimum atomic E-state index is -0.874. The van der Waals surface area contributed by atoms with E-state index in [0.717, 1.165) is 60.3 Å². The van der Waals surface area contributed by atoms with Gasteiger partial charge in [-0.05, 0) is 118 Å². The molecule has 3 rings (SSSR count). The zero-order valence-electron chi connectivity index (χ0n) is 27.4. The zero-order chi connectivity index (χ0) is 32.1. The van der Waals surface area contributed by atoms with Crippen LogP contribution < -0.4 is 15.8 Å². The molecule has 0 bridgehead atoms. The van der Waals surface area contributed by atoms with Crippen LogP contribution in [0.5, 0.6) is 0 Å². The number of aromatic nitrogens is 1. The van der Waals surface area contributed by atoms with Crippen LogP contribution in [0.2, 0.25) is 0 Å². The van der Waals surface area contributed by atoms with Crippen LogP contribution in [0.15, 0.2) is 23.0 Å². The maximum Gasteiger partial charge on any atom is 0.407 e. The second-order valence-corrected chi connectivity index (χ2v) is 12.9. The number of benzene rings is 1. The van der Waals surface area contributed by atoms with Crippen LogP contribution in [0.4, 0.5) is 10.5 Å². The van der Waals surface area contributed by atoms with E-state index in [4.69, 9.17) is 0 Å². The number of anilines is 1. The standard InChI is InChI=1S/C34H49N5O4/c1-10-38(26-13-15-27(16-14-26)39(33(42)43)34(5,6)7)30-20-25(12-11-17-37(8)9)19-28(24(30)4)31(40)35-21-29-22(2)18-23(3)36-32(29)41/h18-20,26-27H,10,13-17,21H2,1-9H3,(H,35,40)(H,36,41)(H,42,43)/t26-,27-. The molecule has 1 aromatic heterocycles. The first-order valence-electron chi connectivity index (χ1n) is 15.2. The van der Waals surface area contributed by atoms with Crippen LogP contribution in [0, 0.1) is 32.6 Å². The number of carbonyl (C=O) groups excluding carboxylic acids is 1. The lowest BCUT2D eigenvalue weighted by Gasteiger charge is -2.45. The van der Waals surface area contributed by atoms with Gasteiger partial charge in [-0.1, -0.05) is 11.8 Å². The topological polar surface area (TPSA) is 109 Å². The normalized spacial score (nSPS) is 16.8. The van der Waals surface area contributed by atoms with Gasteiger partial charge in [0, 0.05) is 58.8 Å². The number of hydrogen-bond acceptors (Lipinski definition) is 5. The van der Waals surface area contributed by atoms with Gasteiger partial charge in [-0.2, -0.15) is 0 Å². The third kappa shape index (κ3) is 8.41. The van der Waals surface area contributed by atoms with Crippen molar-refractivity contribution < 1.29 is 14.7 Å². The number of H-pyrrole nitrogens is 1. The number of carbonyl (C=O) groups is 2. The van der Waals surface area contributed by atoms with Crippen LogP contribution in [-0.4, -0.2) is 76.7 Å². The molecule has 9 nitrogen and oxygen atoms in total. The molecule has 1 fully saturated rings. The summed E-state index contributed by atoms with van der Waals surface area (Å²) in [6.45, 7) is 15.1. The molecule has 0 unspecified atom stereocenters. The largest absolute Gasteiger partial charge is 0.465 e. The molecular weight excluding hydrogens is 542 g/mol. The average Bonchev–Trinajstić information content (AvgIpc) is 2.89. The maximum atomic E-state index is 13.6. The Kier molecular flexibility index (Phi) is 11.1. The highest BCUT2D eigenvalue weighted by atomic mass is 16.4. The van der Waals surface area contributed by atoms with E-state index in [9.17, 15) is 19.5 Å². The molecule has 234 valence electrons. The van der Waals surface area contributed by atoms with Gasteiger partial charge in [-0.15, -0.1) is 0 Å². The van der Waals surface area contributed by atoms with E-state index in [-0.39, 0.29) is 30.1 Å². The molecule has 3 N–H and O–H groups in total. The Morgan fingerprint density at radius 2 is 1.67 bits per heavy atom. The van der Waals surface area contributed by atoms with Crippen molar-refractivity contribution in [3.63, 3.8) is 0 Å². The van der Waals surface area contributed by atoms with Crippen molar-refractivity contribution >= 4 is 17.7 Å². The highest BCUT2D eigenvalue weighted by Gasteiger charge is 2.37. The molecule has 0 saturated heterocycles. The number of aromatic amines is 1. The minimum Gasteiger partial charge on any atom is -0.465 e. The number of rotatable bonds is 8. The van der Waals surface area contributed by atoms with Crippen LogP contribution in [0.25, 0.3) is 0 Å². The van der Waals surface area contributed by atoms with Crippen molar-refractivity contribution in [2.75, 3.05) is 32.1 Å². The molecule has 1 aromatic carbocycles. The van der Waals surface area contributed by atoms with Gasteiger partial charge >= 0.3 is 6.09 Å². The van der Waals surface area contributed by atoms with Crippen LogP contribution in [0.3, 0.4) is 0 Å². The number of amides is 2. The number of nitrogens with one attached hydrogen (secondary N) is 2. The molecule has 0 aliphatic heterocycles. The zero-order valence-corrected chi connectivity index (χ0v) is 27.4. The Labute approximate surface area is 256 Å². The average molecular weight is 592 g/mol. The SMILES string of the molecule is CCN(c1cc(C#CCN(C)C)cc(C(=O)NCc2c(C)cc(C)[nH]c2=O)c1C)[C@H]1CC[C@H](N(C(=O)O)C(C)(C)C)CC1. The lowest BCUT2D eigenvalue weighted by atomic mass is 9.86. The van der Waals surface area contributed by atoms with E-state index >= 15 is 0 Å². The van der Waals surface area contributed by atoms with Crippen LogP contribution in [-0.2, 0) is 6.54 Å². The Hall–Kier alpha value is -3.77. The van der Waals surface area contributed by atoms with Crippen molar-refractivity contribution in [3.8, 4) is 11.8 Å². The van der Waals surface area contributed by atoms with Crippen molar-refractivity contribution in [1.29, 1.82) is 0 Å². The maximum absolute atomic E-state index is 13.6. The first-order valence-corrected chi connectivity index (χ1v) is 15.2. The smallest absolute Gasteiger partial charge is 0.407 e. The molecule has 43 heavy (non-hydrogen) atoms. The fourth-order valence-corrected chi connectivity index (χ4v) is 6.21. The molecule has 2 amide bonds.